The van der Waals surface area contributed by atoms with Gasteiger partial charge in [0.05, 0.1) is 6.61 Å². The minimum Gasteiger partial charge on any atom is -0.481 e. The fourth-order valence-corrected chi connectivity index (χ4v) is 1.39. The van der Waals surface area contributed by atoms with E-state index >= 15 is 0 Å². The second-order valence-corrected chi connectivity index (χ2v) is 4.21. The van der Waals surface area contributed by atoms with Crippen LogP contribution in [0, 0.1) is 5.92 Å². The monoisotopic (exact) mass is 260 g/mol. The summed E-state index contributed by atoms with van der Waals surface area (Å²) in [5, 5.41) is 13.9. The maximum atomic E-state index is 11.3. The van der Waals surface area contributed by atoms with E-state index in [-0.39, 0.29) is 12.5 Å². The van der Waals surface area contributed by atoms with Crippen LogP contribution in [0.4, 0.5) is 4.79 Å². The van der Waals surface area contributed by atoms with E-state index in [2.05, 4.69) is 10.6 Å². The Morgan fingerprint density at radius 3 is 2.50 bits per heavy atom. The number of hydrogen-bond acceptors (Lipinski definition) is 3. The largest absolute Gasteiger partial charge is 0.481 e. The lowest BCUT2D eigenvalue weighted by Crippen LogP contribution is -2.38. The molecule has 3 N–H and O–H groups in total. The third-order valence-corrected chi connectivity index (χ3v) is 2.51. The Morgan fingerprint density at radius 1 is 1.22 bits per heavy atom. The number of rotatable bonds is 10. The molecule has 0 saturated carbocycles. The van der Waals surface area contributed by atoms with Crippen LogP contribution in [0.1, 0.15) is 33.1 Å². The van der Waals surface area contributed by atoms with Gasteiger partial charge in [0.2, 0.25) is 0 Å². The quantitative estimate of drug-likeness (QED) is 0.515. The molecule has 0 rings (SSSR count). The first-order chi connectivity index (χ1) is 8.56. The molecule has 0 fully saturated rings. The standard InChI is InChI=1S/C12H24N2O4/c1-3-18-9-8-14-12(17)13-7-6-10(2)4-5-11(15)16/h10H,3-9H2,1-2H3,(H,15,16)(H2,13,14,17). The zero-order chi connectivity index (χ0) is 13.8. The van der Waals surface area contributed by atoms with Crippen LogP contribution in [-0.2, 0) is 9.53 Å². The maximum absolute atomic E-state index is 11.3. The van der Waals surface area contributed by atoms with Gasteiger partial charge in [0.25, 0.3) is 0 Å². The molecule has 1 unspecified atom stereocenters. The van der Waals surface area contributed by atoms with E-state index in [9.17, 15) is 9.59 Å². The molecule has 0 saturated heterocycles. The molecule has 0 aromatic rings. The van der Waals surface area contributed by atoms with Crippen molar-refractivity contribution in [3.8, 4) is 0 Å². The normalized spacial score (nSPS) is 11.9. The highest BCUT2D eigenvalue weighted by Gasteiger charge is 2.06. The first-order valence-electron chi connectivity index (χ1n) is 6.37. The Hall–Kier alpha value is -1.30. The Kier molecular flexibility index (Phi) is 10.0. The highest BCUT2D eigenvalue weighted by atomic mass is 16.5. The van der Waals surface area contributed by atoms with Gasteiger partial charge in [-0.15, -0.1) is 0 Å². The molecule has 6 heteroatoms. The van der Waals surface area contributed by atoms with E-state index in [1.54, 1.807) is 0 Å². The molecule has 6 nitrogen and oxygen atoms in total. The Balaban J connectivity index is 3.41. The molecule has 0 aliphatic rings. The number of nitrogens with one attached hydrogen (secondary N) is 2. The summed E-state index contributed by atoms with van der Waals surface area (Å²) in [7, 11) is 0. The van der Waals surface area contributed by atoms with Gasteiger partial charge < -0.3 is 20.5 Å². The second kappa shape index (κ2) is 10.8. The third-order valence-electron chi connectivity index (χ3n) is 2.51. The zero-order valence-electron chi connectivity index (χ0n) is 11.2. The fourth-order valence-electron chi connectivity index (χ4n) is 1.39. The molecule has 0 radical (unpaired) electrons. The van der Waals surface area contributed by atoms with Crippen LogP contribution in [0.5, 0.6) is 0 Å². The van der Waals surface area contributed by atoms with Crippen LogP contribution >= 0.6 is 0 Å². The smallest absolute Gasteiger partial charge is 0.314 e. The summed E-state index contributed by atoms with van der Waals surface area (Å²) in [5.74, 6) is -0.478. The number of carbonyl (C=O) groups excluding carboxylic acids is 1. The molecule has 0 heterocycles. The summed E-state index contributed by atoms with van der Waals surface area (Å²) in [6.07, 6.45) is 1.61. The van der Waals surface area contributed by atoms with Gasteiger partial charge in [-0.05, 0) is 25.7 Å². The first kappa shape index (κ1) is 16.7. The van der Waals surface area contributed by atoms with Gasteiger partial charge in [0.1, 0.15) is 0 Å². The van der Waals surface area contributed by atoms with Crippen molar-refractivity contribution in [1.82, 2.24) is 10.6 Å². The van der Waals surface area contributed by atoms with E-state index in [1.807, 2.05) is 13.8 Å². The lowest BCUT2D eigenvalue weighted by molar-refractivity contribution is -0.137. The van der Waals surface area contributed by atoms with Crippen molar-refractivity contribution in [3.05, 3.63) is 0 Å². The maximum Gasteiger partial charge on any atom is 0.314 e. The molecule has 106 valence electrons. The van der Waals surface area contributed by atoms with Crippen molar-refractivity contribution in [1.29, 1.82) is 0 Å². The fraction of sp³-hybridized carbons (Fsp3) is 0.833. The molecule has 18 heavy (non-hydrogen) atoms. The van der Waals surface area contributed by atoms with E-state index in [1.165, 1.54) is 0 Å². The molecular weight excluding hydrogens is 236 g/mol. The molecule has 0 aliphatic carbocycles. The number of carboxylic acids is 1. The molecule has 0 aromatic heterocycles. The second-order valence-electron chi connectivity index (χ2n) is 4.21. The van der Waals surface area contributed by atoms with Crippen molar-refractivity contribution < 1.29 is 19.4 Å². The van der Waals surface area contributed by atoms with E-state index < -0.39 is 5.97 Å². The van der Waals surface area contributed by atoms with Gasteiger partial charge in [-0.25, -0.2) is 4.79 Å². The number of carboxylic acid groups (broad SMARTS) is 1. The van der Waals surface area contributed by atoms with Crippen LogP contribution in [0.25, 0.3) is 0 Å². The predicted octanol–water partition coefficient (Wildman–Crippen LogP) is 1.21. The van der Waals surface area contributed by atoms with Gasteiger partial charge >= 0.3 is 12.0 Å². The number of ether oxygens (including phenoxy) is 1. The highest BCUT2D eigenvalue weighted by molar-refractivity contribution is 5.73. The predicted molar refractivity (Wildman–Crippen MR) is 68.5 cm³/mol. The molecule has 0 aromatic carbocycles. The van der Waals surface area contributed by atoms with Gasteiger partial charge in [0.15, 0.2) is 0 Å². The van der Waals surface area contributed by atoms with Crippen molar-refractivity contribution >= 4 is 12.0 Å². The Labute approximate surface area is 108 Å². The molecular formula is C12H24N2O4. The van der Waals surface area contributed by atoms with E-state index in [0.717, 1.165) is 6.42 Å². The number of carbonyl (C=O) groups is 2. The van der Waals surface area contributed by atoms with Gasteiger partial charge in [-0.2, -0.15) is 0 Å². The summed E-state index contributed by atoms with van der Waals surface area (Å²) in [5.41, 5.74) is 0. The average Bonchev–Trinajstić information content (AvgIpc) is 2.32. The van der Waals surface area contributed by atoms with Crippen LogP contribution in [0.2, 0.25) is 0 Å². The third kappa shape index (κ3) is 11.2. The topological polar surface area (TPSA) is 87.7 Å². The molecule has 0 aliphatic heterocycles. The van der Waals surface area contributed by atoms with E-state index in [4.69, 9.17) is 9.84 Å². The number of urea groups is 1. The summed E-state index contributed by atoms with van der Waals surface area (Å²) < 4.78 is 5.08. The van der Waals surface area contributed by atoms with Crippen molar-refractivity contribution in [2.45, 2.75) is 33.1 Å². The first-order valence-corrected chi connectivity index (χ1v) is 6.37. The van der Waals surface area contributed by atoms with E-state index in [0.29, 0.717) is 38.6 Å². The van der Waals surface area contributed by atoms with Crippen molar-refractivity contribution in [2.75, 3.05) is 26.3 Å². The molecule has 2 amide bonds. The van der Waals surface area contributed by atoms with Gasteiger partial charge in [-0.3, -0.25) is 4.79 Å². The van der Waals surface area contributed by atoms with Gasteiger partial charge in [-0.1, -0.05) is 6.92 Å². The van der Waals surface area contributed by atoms with Crippen molar-refractivity contribution in [3.63, 3.8) is 0 Å². The molecule has 0 bridgehead atoms. The summed E-state index contributed by atoms with van der Waals surface area (Å²) in [4.78, 5) is 21.6. The Bertz CT molecular complexity index is 246. The SMILES string of the molecule is CCOCCNC(=O)NCCC(C)CCC(=O)O. The highest BCUT2D eigenvalue weighted by Crippen LogP contribution is 2.08. The number of hydrogen-bond donors (Lipinski definition) is 3. The summed E-state index contributed by atoms with van der Waals surface area (Å²) >= 11 is 0. The number of amides is 2. The van der Waals surface area contributed by atoms with Crippen LogP contribution in [0.3, 0.4) is 0 Å². The van der Waals surface area contributed by atoms with Crippen molar-refractivity contribution in [2.24, 2.45) is 5.92 Å². The lowest BCUT2D eigenvalue weighted by Gasteiger charge is -2.11. The Morgan fingerprint density at radius 2 is 1.89 bits per heavy atom. The van der Waals surface area contributed by atoms with Crippen LogP contribution in [0.15, 0.2) is 0 Å². The number of aliphatic carboxylic acids is 1. The minimum absolute atomic E-state index is 0.182. The average molecular weight is 260 g/mol. The molecule has 1 atom stereocenters. The zero-order valence-corrected chi connectivity index (χ0v) is 11.2. The van der Waals surface area contributed by atoms with Crippen LogP contribution in [-0.4, -0.2) is 43.4 Å². The summed E-state index contributed by atoms with van der Waals surface area (Å²) in [6.45, 7) is 6.09. The minimum atomic E-state index is -0.775. The summed E-state index contributed by atoms with van der Waals surface area (Å²) in [6, 6.07) is -0.208. The molecule has 0 spiro atoms. The lowest BCUT2D eigenvalue weighted by atomic mass is 10.0. The van der Waals surface area contributed by atoms with Crippen LogP contribution < -0.4 is 10.6 Å². The van der Waals surface area contributed by atoms with Gasteiger partial charge in [0, 0.05) is 26.1 Å².